The molecule has 5 nitrogen and oxygen atoms in total. The Morgan fingerprint density at radius 2 is 1.54 bits per heavy atom. The predicted molar refractivity (Wildman–Crippen MR) is 117 cm³/mol. The maximum absolute atomic E-state index is 12.2. The van der Waals surface area contributed by atoms with E-state index >= 15 is 0 Å². The van der Waals surface area contributed by atoms with Gasteiger partial charge in [0.15, 0.2) is 4.77 Å². The lowest BCUT2D eigenvalue weighted by atomic mass is 10.1. The Bertz CT molecular complexity index is 811. The van der Waals surface area contributed by atoms with Crippen LogP contribution in [0.15, 0.2) is 23.4 Å². The third-order valence-electron chi connectivity index (χ3n) is 5.07. The van der Waals surface area contributed by atoms with E-state index in [0.29, 0.717) is 16.8 Å². The fourth-order valence-electron chi connectivity index (χ4n) is 3.35. The lowest BCUT2D eigenvalue weighted by molar-refractivity contribution is 0.528. The van der Waals surface area contributed by atoms with Crippen LogP contribution in [-0.2, 0) is 13.0 Å². The molecule has 2 aromatic rings. The Hall–Kier alpha value is -1.82. The fraction of sp³-hybridized carbons (Fsp3) is 0.636. The van der Waals surface area contributed by atoms with Crippen LogP contribution in [0.1, 0.15) is 88.1 Å². The summed E-state index contributed by atoms with van der Waals surface area (Å²) in [5.41, 5.74) is 1.51. The van der Waals surface area contributed by atoms with Gasteiger partial charge in [-0.2, -0.15) is 0 Å². The third-order valence-corrected chi connectivity index (χ3v) is 5.40. The summed E-state index contributed by atoms with van der Waals surface area (Å²) >= 11 is 5.33. The van der Waals surface area contributed by atoms with E-state index in [1.165, 1.54) is 57.8 Å². The Morgan fingerprint density at radius 1 is 0.964 bits per heavy atom. The van der Waals surface area contributed by atoms with Gasteiger partial charge in [0.2, 0.25) is 0 Å². The molecule has 0 aliphatic heterocycles. The zero-order valence-corrected chi connectivity index (χ0v) is 18.2. The summed E-state index contributed by atoms with van der Waals surface area (Å²) in [7, 11) is 0. The van der Waals surface area contributed by atoms with Gasteiger partial charge >= 0.3 is 0 Å². The van der Waals surface area contributed by atoms with Gasteiger partial charge in [0, 0.05) is 37.1 Å². The van der Waals surface area contributed by atoms with Gasteiger partial charge in [-0.15, -0.1) is 0 Å². The van der Waals surface area contributed by atoms with Gasteiger partial charge in [-0.1, -0.05) is 64.7 Å². The molecule has 0 aliphatic carbocycles. The lowest BCUT2D eigenvalue weighted by Crippen LogP contribution is -2.18. The second-order valence-corrected chi connectivity index (χ2v) is 7.99. The molecule has 0 bridgehead atoms. The number of unbranched alkanes of at least 4 members (excludes halogenated alkanes) is 9. The van der Waals surface area contributed by atoms with Crippen LogP contribution >= 0.6 is 12.2 Å². The average Bonchev–Trinajstić information content (AvgIpc) is 2.68. The highest BCUT2D eigenvalue weighted by atomic mass is 32.1. The molecule has 0 aromatic carbocycles. The molecule has 0 spiro atoms. The second kappa shape index (κ2) is 12.6. The van der Waals surface area contributed by atoms with Crippen LogP contribution in [0.4, 0.5) is 0 Å². The highest BCUT2D eigenvalue weighted by molar-refractivity contribution is 7.71. The van der Waals surface area contributed by atoms with Crippen LogP contribution in [-0.4, -0.2) is 19.5 Å². The van der Waals surface area contributed by atoms with E-state index in [1.54, 1.807) is 12.4 Å². The van der Waals surface area contributed by atoms with Crippen LogP contribution in [0.5, 0.6) is 0 Å². The van der Waals surface area contributed by atoms with Crippen molar-refractivity contribution in [1.82, 2.24) is 19.5 Å². The molecule has 0 radical (unpaired) electrons. The standard InChI is InChI=1S/C22H34N4OS/c1-3-4-5-6-7-8-9-10-11-12-13-26-17-20(21(27)25-22(26)28)14-19-15-23-18(2)24-16-19/h15-17H,3-14H2,1-2H3,(H,25,27,28). The number of aromatic amines is 1. The van der Waals surface area contributed by atoms with Gasteiger partial charge in [0.25, 0.3) is 5.56 Å². The van der Waals surface area contributed by atoms with Gasteiger partial charge in [-0.3, -0.25) is 9.78 Å². The number of aromatic nitrogens is 4. The normalized spacial score (nSPS) is 11.1. The first kappa shape index (κ1) is 22.5. The number of nitrogens with zero attached hydrogens (tertiary/aromatic N) is 3. The summed E-state index contributed by atoms with van der Waals surface area (Å²) in [6.45, 7) is 4.96. The third kappa shape index (κ3) is 8.05. The van der Waals surface area contributed by atoms with Crippen molar-refractivity contribution < 1.29 is 0 Å². The van der Waals surface area contributed by atoms with Crippen molar-refractivity contribution in [3.05, 3.63) is 50.7 Å². The maximum atomic E-state index is 12.2. The highest BCUT2D eigenvalue weighted by Gasteiger charge is 2.05. The van der Waals surface area contributed by atoms with Gasteiger partial charge in [-0.25, -0.2) is 9.97 Å². The second-order valence-electron chi connectivity index (χ2n) is 7.60. The summed E-state index contributed by atoms with van der Waals surface area (Å²) in [4.78, 5) is 23.4. The van der Waals surface area contributed by atoms with Crippen molar-refractivity contribution in [2.24, 2.45) is 0 Å². The highest BCUT2D eigenvalue weighted by Crippen LogP contribution is 2.11. The molecular formula is C22H34N4OS. The first-order valence-corrected chi connectivity index (χ1v) is 11.1. The molecule has 28 heavy (non-hydrogen) atoms. The van der Waals surface area contributed by atoms with Crippen molar-refractivity contribution in [1.29, 1.82) is 0 Å². The molecule has 2 aromatic heterocycles. The first-order chi connectivity index (χ1) is 13.6. The van der Waals surface area contributed by atoms with Crippen molar-refractivity contribution >= 4 is 12.2 Å². The molecule has 0 aliphatic rings. The number of aryl methyl sites for hydroxylation is 2. The Kier molecular flexibility index (Phi) is 10.1. The molecule has 2 heterocycles. The zero-order chi connectivity index (χ0) is 20.2. The molecule has 154 valence electrons. The van der Waals surface area contributed by atoms with E-state index in [9.17, 15) is 4.79 Å². The molecule has 0 atom stereocenters. The summed E-state index contributed by atoms with van der Waals surface area (Å²) < 4.78 is 2.50. The maximum Gasteiger partial charge on any atom is 0.255 e. The van der Waals surface area contributed by atoms with Crippen molar-refractivity contribution in [2.45, 2.75) is 91.0 Å². The Labute approximate surface area is 173 Å². The molecule has 0 unspecified atom stereocenters. The van der Waals surface area contributed by atoms with Crippen molar-refractivity contribution in [3.8, 4) is 0 Å². The molecule has 0 amide bonds. The summed E-state index contributed by atoms with van der Waals surface area (Å²) in [5, 5.41) is 0. The van der Waals surface area contributed by atoms with Crippen LogP contribution in [0, 0.1) is 11.7 Å². The lowest BCUT2D eigenvalue weighted by Gasteiger charge is -2.09. The molecule has 0 saturated carbocycles. The van der Waals surface area contributed by atoms with Crippen LogP contribution in [0.25, 0.3) is 0 Å². The number of nitrogens with one attached hydrogen (secondary N) is 1. The van der Waals surface area contributed by atoms with E-state index in [4.69, 9.17) is 12.2 Å². The molecule has 1 N–H and O–H groups in total. The van der Waals surface area contributed by atoms with Crippen molar-refractivity contribution in [3.63, 3.8) is 0 Å². The summed E-state index contributed by atoms with van der Waals surface area (Å²) in [6, 6.07) is 0. The summed E-state index contributed by atoms with van der Waals surface area (Å²) in [5.74, 6) is 0.731. The zero-order valence-electron chi connectivity index (χ0n) is 17.4. The molecular weight excluding hydrogens is 368 g/mol. The monoisotopic (exact) mass is 402 g/mol. The van der Waals surface area contributed by atoms with E-state index in [1.807, 2.05) is 17.7 Å². The SMILES string of the molecule is CCCCCCCCCCCCn1cc(Cc2cnc(C)nc2)c(=O)[nH]c1=S. The topological polar surface area (TPSA) is 63.6 Å². The van der Waals surface area contributed by atoms with Gasteiger partial charge in [0.1, 0.15) is 5.82 Å². The average molecular weight is 403 g/mol. The van der Waals surface area contributed by atoms with Crippen LogP contribution in [0.3, 0.4) is 0 Å². The molecule has 0 saturated heterocycles. The number of rotatable bonds is 13. The molecule has 0 fully saturated rings. The molecule has 2 rings (SSSR count). The minimum Gasteiger partial charge on any atom is -0.325 e. The number of hydrogen-bond acceptors (Lipinski definition) is 4. The largest absolute Gasteiger partial charge is 0.325 e. The van der Waals surface area contributed by atoms with E-state index in [2.05, 4.69) is 21.9 Å². The molecule has 6 heteroatoms. The van der Waals surface area contributed by atoms with E-state index in [-0.39, 0.29) is 5.56 Å². The summed E-state index contributed by atoms with van der Waals surface area (Å²) in [6.07, 6.45) is 19.0. The van der Waals surface area contributed by atoms with Crippen molar-refractivity contribution in [2.75, 3.05) is 0 Å². The van der Waals surface area contributed by atoms with Gasteiger partial charge in [-0.05, 0) is 31.1 Å². The van der Waals surface area contributed by atoms with Crippen LogP contribution in [0.2, 0.25) is 0 Å². The quantitative estimate of drug-likeness (QED) is 0.354. The predicted octanol–water partition coefficient (Wildman–Crippen LogP) is 5.52. The Balaban J connectivity index is 1.76. The first-order valence-electron chi connectivity index (χ1n) is 10.7. The van der Waals surface area contributed by atoms with Gasteiger partial charge < -0.3 is 4.57 Å². The minimum atomic E-state index is -0.120. The Morgan fingerprint density at radius 3 is 2.14 bits per heavy atom. The number of hydrogen-bond donors (Lipinski definition) is 1. The smallest absolute Gasteiger partial charge is 0.255 e. The van der Waals surface area contributed by atoms with E-state index in [0.717, 1.165) is 24.4 Å². The minimum absolute atomic E-state index is 0.120. The van der Waals surface area contributed by atoms with Gasteiger partial charge in [0.05, 0.1) is 0 Å². The fourth-order valence-corrected chi connectivity index (χ4v) is 3.58. The van der Waals surface area contributed by atoms with Crippen LogP contribution < -0.4 is 5.56 Å². The van der Waals surface area contributed by atoms with E-state index < -0.39 is 0 Å². The number of H-pyrrole nitrogens is 1.